The van der Waals surface area contributed by atoms with E-state index in [-0.39, 0.29) is 5.91 Å². The number of nitrogens with zero attached hydrogens (tertiary/aromatic N) is 1. The van der Waals surface area contributed by atoms with Crippen LogP contribution in [0.5, 0.6) is 0 Å². The van der Waals surface area contributed by atoms with Gasteiger partial charge >= 0.3 is 0 Å². The van der Waals surface area contributed by atoms with Crippen LogP contribution in [0.2, 0.25) is 0 Å². The molecule has 2 saturated heterocycles. The molecule has 2 aliphatic heterocycles. The summed E-state index contributed by atoms with van der Waals surface area (Å²) in [5, 5.41) is 0. The zero-order valence-electron chi connectivity index (χ0n) is 10.0. The topological polar surface area (TPSA) is 55.6 Å². The largest absolute Gasteiger partial charge is 0.381 e. The molecule has 2 heterocycles. The molecule has 2 atom stereocenters. The molecule has 2 N–H and O–H groups in total. The summed E-state index contributed by atoms with van der Waals surface area (Å²) in [5.41, 5.74) is 5.98. The molecule has 16 heavy (non-hydrogen) atoms. The van der Waals surface area contributed by atoms with Crippen molar-refractivity contribution in [2.75, 3.05) is 13.2 Å². The van der Waals surface area contributed by atoms with E-state index >= 15 is 0 Å². The number of hydrogen-bond donors (Lipinski definition) is 1. The third kappa shape index (κ3) is 2.38. The van der Waals surface area contributed by atoms with Crippen LogP contribution in [-0.4, -0.2) is 42.1 Å². The van der Waals surface area contributed by atoms with Crippen molar-refractivity contribution in [2.45, 2.75) is 57.2 Å². The minimum absolute atomic E-state index is 0.257. The third-order valence-corrected chi connectivity index (χ3v) is 3.72. The molecule has 0 aromatic rings. The van der Waals surface area contributed by atoms with Crippen LogP contribution in [0.25, 0.3) is 0 Å². The Morgan fingerprint density at radius 3 is 2.56 bits per heavy atom. The Labute approximate surface area is 97.1 Å². The molecular formula is C12H22N2O2. The molecule has 0 saturated carbocycles. The van der Waals surface area contributed by atoms with Crippen molar-refractivity contribution >= 4 is 5.91 Å². The molecule has 0 aliphatic carbocycles. The number of carbonyl (C=O) groups excluding carboxylic acids is 1. The van der Waals surface area contributed by atoms with E-state index in [0.29, 0.717) is 37.8 Å². The first-order valence-corrected chi connectivity index (χ1v) is 6.36. The maximum atomic E-state index is 12.0. The summed E-state index contributed by atoms with van der Waals surface area (Å²) in [7, 11) is 0. The first-order valence-electron chi connectivity index (χ1n) is 6.36. The number of carbonyl (C=O) groups is 1. The SMILES string of the molecule is CCOCCC(=O)N1C2CCC1CC(N)C2. The van der Waals surface area contributed by atoms with E-state index in [0.717, 1.165) is 25.7 Å². The average Bonchev–Trinajstić information content (AvgIpc) is 2.52. The zero-order valence-corrected chi connectivity index (χ0v) is 10.0. The van der Waals surface area contributed by atoms with E-state index in [1.165, 1.54) is 0 Å². The van der Waals surface area contributed by atoms with Crippen LogP contribution >= 0.6 is 0 Å². The van der Waals surface area contributed by atoms with E-state index in [9.17, 15) is 4.79 Å². The molecule has 4 heteroatoms. The Bertz CT molecular complexity index is 243. The fraction of sp³-hybridized carbons (Fsp3) is 0.917. The summed E-state index contributed by atoms with van der Waals surface area (Å²) in [6.07, 6.45) is 4.77. The van der Waals surface area contributed by atoms with Crippen molar-refractivity contribution in [3.05, 3.63) is 0 Å². The smallest absolute Gasteiger partial charge is 0.225 e. The van der Waals surface area contributed by atoms with Crippen LogP contribution in [0.4, 0.5) is 0 Å². The third-order valence-electron chi connectivity index (χ3n) is 3.72. The Morgan fingerprint density at radius 2 is 2.00 bits per heavy atom. The van der Waals surface area contributed by atoms with Gasteiger partial charge in [0.2, 0.25) is 5.91 Å². The molecule has 2 fully saturated rings. The van der Waals surface area contributed by atoms with Gasteiger partial charge in [0.25, 0.3) is 0 Å². The highest BCUT2D eigenvalue weighted by Crippen LogP contribution is 2.35. The molecule has 0 aromatic heterocycles. The van der Waals surface area contributed by atoms with Gasteiger partial charge in [-0.1, -0.05) is 0 Å². The van der Waals surface area contributed by atoms with Gasteiger partial charge in [0, 0.05) is 24.7 Å². The minimum Gasteiger partial charge on any atom is -0.381 e. The predicted molar refractivity (Wildman–Crippen MR) is 62.0 cm³/mol. The highest BCUT2D eigenvalue weighted by Gasteiger charge is 2.41. The maximum absolute atomic E-state index is 12.0. The molecule has 0 radical (unpaired) electrons. The Hall–Kier alpha value is -0.610. The maximum Gasteiger partial charge on any atom is 0.225 e. The summed E-state index contributed by atoms with van der Waals surface area (Å²) in [6.45, 7) is 3.19. The van der Waals surface area contributed by atoms with E-state index in [1.54, 1.807) is 0 Å². The Morgan fingerprint density at radius 1 is 1.38 bits per heavy atom. The number of fused-ring (bicyclic) bond motifs is 2. The summed E-state index contributed by atoms with van der Waals surface area (Å²) in [6, 6.07) is 1.11. The van der Waals surface area contributed by atoms with E-state index in [1.807, 2.05) is 6.92 Å². The van der Waals surface area contributed by atoms with Gasteiger partial charge in [-0.2, -0.15) is 0 Å². The van der Waals surface area contributed by atoms with Gasteiger partial charge in [-0.25, -0.2) is 0 Å². The van der Waals surface area contributed by atoms with Crippen LogP contribution < -0.4 is 5.73 Å². The molecule has 2 aliphatic rings. The van der Waals surface area contributed by atoms with Crippen LogP contribution in [0, 0.1) is 0 Å². The summed E-state index contributed by atoms with van der Waals surface area (Å²) in [5.74, 6) is 0.257. The van der Waals surface area contributed by atoms with Gasteiger partial charge in [-0.15, -0.1) is 0 Å². The molecule has 92 valence electrons. The predicted octanol–water partition coefficient (Wildman–Crippen LogP) is 0.894. The first-order chi connectivity index (χ1) is 7.72. The first kappa shape index (κ1) is 11.9. The lowest BCUT2D eigenvalue weighted by molar-refractivity contribution is -0.136. The van der Waals surface area contributed by atoms with Crippen LogP contribution in [0.15, 0.2) is 0 Å². The lowest BCUT2D eigenvalue weighted by Crippen LogP contribution is -2.50. The standard InChI is InChI=1S/C12H22N2O2/c1-2-16-6-5-12(15)14-10-3-4-11(14)8-9(13)7-10/h9-11H,2-8,13H2,1H3. The fourth-order valence-corrected chi connectivity index (χ4v) is 3.06. The van der Waals surface area contributed by atoms with Crippen molar-refractivity contribution in [1.82, 2.24) is 4.90 Å². The van der Waals surface area contributed by atoms with E-state index < -0.39 is 0 Å². The second-order valence-corrected chi connectivity index (χ2v) is 4.86. The fourth-order valence-electron chi connectivity index (χ4n) is 3.06. The summed E-state index contributed by atoms with van der Waals surface area (Å²) in [4.78, 5) is 14.1. The molecule has 2 rings (SSSR count). The van der Waals surface area contributed by atoms with Gasteiger partial charge in [-0.05, 0) is 32.6 Å². The van der Waals surface area contributed by atoms with Crippen molar-refractivity contribution in [3.63, 3.8) is 0 Å². The molecule has 2 unspecified atom stereocenters. The van der Waals surface area contributed by atoms with Gasteiger partial charge < -0.3 is 15.4 Å². The zero-order chi connectivity index (χ0) is 11.5. The molecule has 4 nitrogen and oxygen atoms in total. The average molecular weight is 226 g/mol. The van der Waals surface area contributed by atoms with Crippen molar-refractivity contribution in [1.29, 1.82) is 0 Å². The number of hydrogen-bond acceptors (Lipinski definition) is 3. The second-order valence-electron chi connectivity index (χ2n) is 4.86. The van der Waals surface area contributed by atoms with Crippen molar-refractivity contribution in [2.24, 2.45) is 5.73 Å². The normalized spacial score (nSPS) is 33.1. The van der Waals surface area contributed by atoms with Crippen LogP contribution in [0.1, 0.15) is 39.0 Å². The number of ether oxygens (including phenoxy) is 1. The number of amides is 1. The molecule has 2 bridgehead atoms. The van der Waals surface area contributed by atoms with Gasteiger partial charge in [0.05, 0.1) is 13.0 Å². The van der Waals surface area contributed by atoms with E-state index in [4.69, 9.17) is 10.5 Å². The number of rotatable bonds is 4. The highest BCUT2D eigenvalue weighted by molar-refractivity contribution is 5.77. The number of nitrogens with two attached hydrogens (primary N) is 1. The quantitative estimate of drug-likeness (QED) is 0.724. The molecular weight excluding hydrogens is 204 g/mol. The monoisotopic (exact) mass is 226 g/mol. The van der Waals surface area contributed by atoms with Crippen LogP contribution in [-0.2, 0) is 9.53 Å². The van der Waals surface area contributed by atoms with E-state index in [2.05, 4.69) is 4.90 Å². The van der Waals surface area contributed by atoms with Crippen molar-refractivity contribution in [3.8, 4) is 0 Å². The van der Waals surface area contributed by atoms with Gasteiger partial charge in [0.15, 0.2) is 0 Å². The van der Waals surface area contributed by atoms with Crippen molar-refractivity contribution < 1.29 is 9.53 Å². The molecule has 1 amide bonds. The Kier molecular flexibility index (Phi) is 3.82. The molecule has 0 aromatic carbocycles. The molecule has 0 spiro atoms. The second kappa shape index (κ2) is 5.15. The Balaban J connectivity index is 1.87. The van der Waals surface area contributed by atoms with Gasteiger partial charge in [-0.3, -0.25) is 4.79 Å². The van der Waals surface area contributed by atoms with Crippen LogP contribution in [0.3, 0.4) is 0 Å². The number of piperidine rings is 1. The van der Waals surface area contributed by atoms with Gasteiger partial charge in [0.1, 0.15) is 0 Å². The summed E-state index contributed by atoms with van der Waals surface area (Å²) < 4.78 is 5.23. The lowest BCUT2D eigenvalue weighted by Gasteiger charge is -2.37. The lowest BCUT2D eigenvalue weighted by atomic mass is 9.98. The highest BCUT2D eigenvalue weighted by atomic mass is 16.5. The summed E-state index contributed by atoms with van der Waals surface area (Å²) >= 11 is 0. The minimum atomic E-state index is 0.257.